The van der Waals surface area contributed by atoms with Gasteiger partial charge in [0.25, 0.3) is 5.91 Å². The molecule has 1 aromatic heterocycles. The molecule has 0 aliphatic rings. The van der Waals surface area contributed by atoms with E-state index in [0.29, 0.717) is 16.4 Å². The highest BCUT2D eigenvalue weighted by Crippen LogP contribution is 2.21. The van der Waals surface area contributed by atoms with E-state index < -0.39 is 22.5 Å². The molecule has 0 spiro atoms. The predicted molar refractivity (Wildman–Crippen MR) is 93.6 cm³/mol. The normalized spacial score (nSPS) is 11.4. The summed E-state index contributed by atoms with van der Waals surface area (Å²) >= 11 is 5.87. The van der Waals surface area contributed by atoms with Crippen LogP contribution < -0.4 is 9.73 Å². The highest BCUT2D eigenvalue weighted by atomic mass is 35.5. The molecule has 0 aliphatic heterocycles. The molecule has 0 fully saturated rings. The molecule has 0 saturated carbocycles. The van der Waals surface area contributed by atoms with Gasteiger partial charge in [-0.3, -0.25) is 14.1 Å². The van der Waals surface area contributed by atoms with Crippen LogP contribution in [0.3, 0.4) is 0 Å². The molecule has 0 bridgehead atoms. The van der Waals surface area contributed by atoms with Crippen molar-refractivity contribution in [1.29, 1.82) is 0 Å². The predicted octanol–water partition coefficient (Wildman–Crippen LogP) is 1.65. The summed E-state index contributed by atoms with van der Waals surface area (Å²) < 4.78 is 24.8. The Morgan fingerprint density at radius 2 is 2.12 bits per heavy atom. The van der Waals surface area contributed by atoms with Crippen molar-refractivity contribution < 1.29 is 13.2 Å². The second-order valence-electron chi connectivity index (χ2n) is 4.80. The van der Waals surface area contributed by atoms with E-state index in [4.69, 9.17) is 11.6 Å². The summed E-state index contributed by atoms with van der Waals surface area (Å²) in [6, 6.07) is 11.5. The number of sulfonamides is 1. The van der Waals surface area contributed by atoms with Crippen LogP contribution in [0.2, 0.25) is 5.02 Å². The molecule has 0 atom stereocenters. The summed E-state index contributed by atoms with van der Waals surface area (Å²) in [5.41, 5.74) is 3.13. The lowest BCUT2D eigenvalue weighted by Gasteiger charge is -2.21. The fraction of sp³-hybridized carbons (Fsp3) is 0.133. The van der Waals surface area contributed by atoms with E-state index in [1.807, 2.05) is 0 Å². The van der Waals surface area contributed by atoms with Gasteiger partial charge >= 0.3 is 0 Å². The Kier molecular flexibility index (Phi) is 5.88. The first-order chi connectivity index (χ1) is 11.4. The van der Waals surface area contributed by atoms with Crippen molar-refractivity contribution in [1.82, 2.24) is 10.4 Å². The van der Waals surface area contributed by atoms with Crippen LogP contribution in [0.1, 0.15) is 5.69 Å². The van der Waals surface area contributed by atoms with Gasteiger partial charge in [-0.1, -0.05) is 23.7 Å². The van der Waals surface area contributed by atoms with Gasteiger partial charge in [-0.25, -0.2) is 13.8 Å². The van der Waals surface area contributed by atoms with Crippen molar-refractivity contribution in [3.05, 3.63) is 59.4 Å². The number of pyridine rings is 1. The van der Waals surface area contributed by atoms with Gasteiger partial charge in [0.1, 0.15) is 6.54 Å². The minimum Gasteiger partial charge on any atom is -0.271 e. The molecule has 24 heavy (non-hydrogen) atoms. The van der Waals surface area contributed by atoms with Crippen LogP contribution in [-0.2, 0) is 14.8 Å². The average molecular weight is 367 g/mol. The van der Waals surface area contributed by atoms with Gasteiger partial charge in [0.15, 0.2) is 0 Å². The van der Waals surface area contributed by atoms with Crippen LogP contribution in [0.25, 0.3) is 0 Å². The summed E-state index contributed by atoms with van der Waals surface area (Å²) in [4.78, 5) is 16.0. The zero-order valence-electron chi connectivity index (χ0n) is 12.8. The number of anilines is 1. The van der Waals surface area contributed by atoms with Crippen molar-refractivity contribution >= 4 is 39.4 Å². The van der Waals surface area contributed by atoms with E-state index in [9.17, 15) is 13.2 Å². The Labute approximate surface area is 145 Å². The number of nitrogens with zero attached hydrogens (tertiary/aromatic N) is 3. The van der Waals surface area contributed by atoms with Gasteiger partial charge in [-0.2, -0.15) is 5.10 Å². The lowest BCUT2D eigenvalue weighted by atomic mass is 10.3. The van der Waals surface area contributed by atoms with Gasteiger partial charge < -0.3 is 0 Å². The maximum atomic E-state index is 12.0. The smallest absolute Gasteiger partial charge is 0.260 e. The number of hydrogen-bond acceptors (Lipinski definition) is 5. The van der Waals surface area contributed by atoms with Gasteiger partial charge in [-0.05, 0) is 30.3 Å². The number of carbonyl (C=O) groups is 1. The van der Waals surface area contributed by atoms with Crippen molar-refractivity contribution in [3.63, 3.8) is 0 Å². The Hall–Kier alpha value is -2.45. The van der Waals surface area contributed by atoms with Crippen molar-refractivity contribution in [2.75, 3.05) is 17.1 Å². The molecule has 0 radical (unpaired) electrons. The molecule has 0 unspecified atom stereocenters. The third-order valence-corrected chi connectivity index (χ3v) is 4.23. The first-order valence-corrected chi connectivity index (χ1v) is 9.05. The summed E-state index contributed by atoms with van der Waals surface area (Å²) in [6.45, 7) is -0.418. The van der Waals surface area contributed by atoms with Crippen LogP contribution in [0.15, 0.2) is 53.8 Å². The van der Waals surface area contributed by atoms with Crippen molar-refractivity contribution in [2.24, 2.45) is 5.10 Å². The fourth-order valence-electron chi connectivity index (χ4n) is 1.82. The molecular weight excluding hydrogens is 352 g/mol. The summed E-state index contributed by atoms with van der Waals surface area (Å²) in [6.07, 6.45) is 3.97. The zero-order chi connectivity index (χ0) is 17.6. The topological polar surface area (TPSA) is 91.7 Å². The minimum atomic E-state index is -3.66. The first kappa shape index (κ1) is 17.9. The number of rotatable bonds is 6. The Morgan fingerprint density at radius 3 is 2.75 bits per heavy atom. The van der Waals surface area contributed by atoms with E-state index in [0.717, 1.165) is 10.6 Å². The van der Waals surface area contributed by atoms with Crippen molar-refractivity contribution in [2.45, 2.75) is 0 Å². The molecule has 1 aromatic carbocycles. The number of aromatic nitrogens is 1. The Bertz CT molecular complexity index is 841. The van der Waals surface area contributed by atoms with E-state index in [1.54, 1.807) is 42.6 Å². The van der Waals surface area contributed by atoms with Gasteiger partial charge in [0.05, 0.1) is 23.9 Å². The number of benzene rings is 1. The lowest BCUT2D eigenvalue weighted by Crippen LogP contribution is -2.39. The summed E-state index contributed by atoms with van der Waals surface area (Å²) in [5, 5.41) is 4.12. The molecule has 0 aliphatic carbocycles. The quantitative estimate of drug-likeness (QED) is 0.621. The van der Waals surface area contributed by atoms with Gasteiger partial charge in [0, 0.05) is 11.2 Å². The van der Waals surface area contributed by atoms with Crippen LogP contribution in [0, 0.1) is 0 Å². The van der Waals surface area contributed by atoms with Crippen molar-refractivity contribution in [3.8, 4) is 0 Å². The second-order valence-corrected chi connectivity index (χ2v) is 7.14. The van der Waals surface area contributed by atoms with E-state index in [2.05, 4.69) is 15.5 Å². The molecule has 1 amide bonds. The third kappa shape index (κ3) is 5.32. The van der Waals surface area contributed by atoms with E-state index >= 15 is 0 Å². The number of hydrogen-bond donors (Lipinski definition) is 1. The molecule has 9 heteroatoms. The van der Waals surface area contributed by atoms with E-state index in [-0.39, 0.29) is 0 Å². The Morgan fingerprint density at radius 1 is 1.33 bits per heavy atom. The largest absolute Gasteiger partial charge is 0.271 e. The lowest BCUT2D eigenvalue weighted by molar-refractivity contribution is -0.119. The fourth-order valence-corrected chi connectivity index (χ4v) is 2.85. The Balaban J connectivity index is 2.07. The molecule has 2 rings (SSSR count). The van der Waals surface area contributed by atoms with Crippen LogP contribution in [-0.4, -0.2) is 38.3 Å². The molecule has 0 saturated heterocycles. The maximum Gasteiger partial charge on any atom is 0.260 e. The van der Waals surface area contributed by atoms with Crippen LogP contribution in [0.4, 0.5) is 5.69 Å². The standard InChI is InChI=1S/C15H15ClN4O3S/c1-24(22,23)20(14-7-4-5-12(16)9-14)11-15(21)19-18-10-13-6-2-3-8-17-13/h2-10H,11H2,1H3,(H,19,21)/b18-10-. The first-order valence-electron chi connectivity index (χ1n) is 6.82. The zero-order valence-corrected chi connectivity index (χ0v) is 14.3. The highest BCUT2D eigenvalue weighted by Gasteiger charge is 2.20. The molecular formula is C15H15ClN4O3S. The molecule has 2 aromatic rings. The number of halogens is 1. The van der Waals surface area contributed by atoms with Gasteiger partial charge in [-0.15, -0.1) is 0 Å². The SMILES string of the molecule is CS(=O)(=O)N(CC(=O)N/N=C\c1ccccn1)c1cccc(Cl)c1. The molecule has 126 valence electrons. The highest BCUT2D eigenvalue weighted by molar-refractivity contribution is 7.92. The summed E-state index contributed by atoms with van der Waals surface area (Å²) in [7, 11) is -3.66. The number of amides is 1. The van der Waals surface area contributed by atoms with Gasteiger partial charge in [0.2, 0.25) is 10.0 Å². The third-order valence-electron chi connectivity index (χ3n) is 2.86. The monoisotopic (exact) mass is 366 g/mol. The molecule has 1 heterocycles. The number of hydrazone groups is 1. The molecule has 1 N–H and O–H groups in total. The molecule has 7 nitrogen and oxygen atoms in total. The second kappa shape index (κ2) is 7.89. The van der Waals surface area contributed by atoms with Crippen LogP contribution >= 0.6 is 11.6 Å². The maximum absolute atomic E-state index is 12.0. The van der Waals surface area contributed by atoms with Crippen LogP contribution in [0.5, 0.6) is 0 Å². The number of nitrogens with one attached hydrogen (secondary N) is 1. The average Bonchev–Trinajstić information content (AvgIpc) is 2.52. The minimum absolute atomic E-state index is 0.300. The summed E-state index contributed by atoms with van der Waals surface area (Å²) in [5.74, 6) is -0.590. The van der Waals surface area contributed by atoms with E-state index in [1.165, 1.54) is 12.3 Å². The number of carbonyl (C=O) groups excluding carboxylic acids is 1.